The molecule has 0 aliphatic heterocycles. The van der Waals surface area contributed by atoms with Crippen LogP contribution in [0.15, 0.2) is 24.3 Å². The molecule has 4 heteroatoms. The maximum absolute atomic E-state index is 12.5. The van der Waals surface area contributed by atoms with Gasteiger partial charge < -0.3 is 11.1 Å². The van der Waals surface area contributed by atoms with Gasteiger partial charge in [0.2, 0.25) is 5.91 Å². The second-order valence-corrected chi connectivity index (χ2v) is 5.91. The Morgan fingerprint density at radius 3 is 2.48 bits per heavy atom. The van der Waals surface area contributed by atoms with Gasteiger partial charge in [-0.2, -0.15) is 0 Å². The van der Waals surface area contributed by atoms with Crippen LogP contribution in [-0.2, 0) is 11.3 Å². The molecule has 1 aromatic carbocycles. The molecule has 1 fully saturated rings. The van der Waals surface area contributed by atoms with Gasteiger partial charge in [0, 0.05) is 18.8 Å². The third-order valence-corrected chi connectivity index (χ3v) is 4.74. The molecule has 0 unspecified atom stereocenters. The second kappa shape index (κ2) is 7.05. The summed E-state index contributed by atoms with van der Waals surface area (Å²) in [6.45, 7) is 7.62. The summed E-state index contributed by atoms with van der Waals surface area (Å²) >= 11 is 0. The fraction of sp³-hybridized carbons (Fsp3) is 0.588. The lowest BCUT2D eigenvalue weighted by Gasteiger charge is -2.39. The Bertz CT molecular complexity index is 473. The summed E-state index contributed by atoms with van der Waals surface area (Å²) in [6.07, 6.45) is 2.92. The lowest BCUT2D eigenvalue weighted by Crippen LogP contribution is -2.47. The fourth-order valence-electron chi connectivity index (χ4n) is 2.85. The van der Waals surface area contributed by atoms with Gasteiger partial charge in [-0.25, -0.2) is 0 Å². The van der Waals surface area contributed by atoms with Crippen LogP contribution in [0.25, 0.3) is 0 Å². The van der Waals surface area contributed by atoms with Gasteiger partial charge in [0.15, 0.2) is 0 Å². The fourth-order valence-corrected chi connectivity index (χ4v) is 2.85. The maximum Gasteiger partial charge on any atom is 0.231 e. The highest BCUT2D eigenvalue weighted by atomic mass is 16.2. The van der Waals surface area contributed by atoms with E-state index in [4.69, 9.17) is 5.73 Å². The predicted molar refractivity (Wildman–Crippen MR) is 87.0 cm³/mol. The first kappa shape index (κ1) is 16.0. The average Bonchev–Trinajstić information content (AvgIpc) is 2.45. The van der Waals surface area contributed by atoms with E-state index < -0.39 is 0 Å². The molecule has 1 aliphatic rings. The molecule has 3 N–H and O–H groups in total. The molecule has 0 radical (unpaired) electrons. The number of nitrogens with two attached hydrogens (primary N) is 1. The Balaban J connectivity index is 2.11. The number of hydrogen-bond donors (Lipinski definition) is 2. The van der Waals surface area contributed by atoms with Gasteiger partial charge in [0.1, 0.15) is 0 Å². The lowest BCUT2D eigenvalue weighted by atomic mass is 9.68. The number of rotatable bonds is 7. The molecule has 0 aromatic heterocycles. The number of amides is 1. The van der Waals surface area contributed by atoms with Gasteiger partial charge >= 0.3 is 0 Å². The zero-order valence-electron chi connectivity index (χ0n) is 13.2. The topological polar surface area (TPSA) is 58.4 Å². The van der Waals surface area contributed by atoms with Crippen LogP contribution in [-0.4, -0.2) is 30.4 Å². The smallest absolute Gasteiger partial charge is 0.231 e. The molecule has 0 saturated heterocycles. The highest BCUT2D eigenvalue weighted by molar-refractivity contribution is 5.96. The minimum absolute atomic E-state index is 0.0863. The minimum atomic E-state index is -0.331. The summed E-state index contributed by atoms with van der Waals surface area (Å²) in [5.41, 5.74) is 7.58. The molecule has 0 atom stereocenters. The van der Waals surface area contributed by atoms with Crippen molar-refractivity contribution in [3.63, 3.8) is 0 Å². The molecule has 1 saturated carbocycles. The molecule has 0 heterocycles. The monoisotopic (exact) mass is 289 g/mol. The molecular formula is C17H27N3O. The minimum Gasteiger partial charge on any atom is -0.329 e. The van der Waals surface area contributed by atoms with Crippen molar-refractivity contribution in [1.82, 2.24) is 4.90 Å². The summed E-state index contributed by atoms with van der Waals surface area (Å²) in [4.78, 5) is 14.9. The molecule has 0 spiro atoms. The molecule has 21 heavy (non-hydrogen) atoms. The van der Waals surface area contributed by atoms with E-state index in [2.05, 4.69) is 30.1 Å². The molecule has 1 amide bonds. The highest BCUT2D eigenvalue weighted by Gasteiger charge is 2.42. The SMILES string of the molecule is CCN(CC)Cc1ccccc1NC(=O)C1(CN)CCC1. The van der Waals surface area contributed by atoms with Crippen molar-refractivity contribution in [3.8, 4) is 0 Å². The first-order chi connectivity index (χ1) is 10.1. The van der Waals surface area contributed by atoms with Crippen molar-refractivity contribution in [2.75, 3.05) is 25.0 Å². The first-order valence-electron chi connectivity index (χ1n) is 7.97. The number of hydrogen-bond acceptors (Lipinski definition) is 3. The van der Waals surface area contributed by atoms with E-state index in [9.17, 15) is 4.79 Å². The van der Waals surface area contributed by atoms with Crippen molar-refractivity contribution >= 4 is 11.6 Å². The third-order valence-electron chi connectivity index (χ3n) is 4.74. The van der Waals surface area contributed by atoms with Gasteiger partial charge in [0.25, 0.3) is 0 Å². The number of anilines is 1. The van der Waals surface area contributed by atoms with Gasteiger partial charge in [0.05, 0.1) is 5.41 Å². The predicted octanol–water partition coefficient (Wildman–Crippen LogP) is 2.60. The zero-order valence-corrected chi connectivity index (χ0v) is 13.2. The quantitative estimate of drug-likeness (QED) is 0.811. The Morgan fingerprint density at radius 2 is 1.95 bits per heavy atom. The Labute approximate surface area is 127 Å². The van der Waals surface area contributed by atoms with Gasteiger partial charge in [-0.05, 0) is 37.6 Å². The van der Waals surface area contributed by atoms with E-state index in [1.165, 1.54) is 5.56 Å². The van der Waals surface area contributed by atoms with Crippen LogP contribution in [0.2, 0.25) is 0 Å². The largest absolute Gasteiger partial charge is 0.329 e. The molecule has 2 rings (SSSR count). The number of carbonyl (C=O) groups is 1. The Hall–Kier alpha value is -1.39. The first-order valence-corrected chi connectivity index (χ1v) is 7.97. The van der Waals surface area contributed by atoms with Crippen LogP contribution in [0.5, 0.6) is 0 Å². The molecule has 1 aromatic rings. The Morgan fingerprint density at radius 1 is 1.29 bits per heavy atom. The van der Waals surface area contributed by atoms with Crippen LogP contribution < -0.4 is 11.1 Å². The van der Waals surface area contributed by atoms with E-state index in [-0.39, 0.29) is 11.3 Å². The summed E-state index contributed by atoms with van der Waals surface area (Å²) in [7, 11) is 0. The number of carbonyl (C=O) groups excluding carboxylic acids is 1. The Kier molecular flexibility index (Phi) is 5.37. The molecule has 0 bridgehead atoms. The van der Waals surface area contributed by atoms with E-state index in [0.29, 0.717) is 6.54 Å². The third kappa shape index (κ3) is 3.44. The van der Waals surface area contributed by atoms with Crippen molar-refractivity contribution in [2.24, 2.45) is 11.1 Å². The van der Waals surface area contributed by atoms with Crippen molar-refractivity contribution in [3.05, 3.63) is 29.8 Å². The van der Waals surface area contributed by atoms with Crippen LogP contribution in [0, 0.1) is 5.41 Å². The van der Waals surface area contributed by atoms with E-state index in [1.54, 1.807) is 0 Å². The number of nitrogens with zero attached hydrogens (tertiary/aromatic N) is 1. The van der Waals surface area contributed by atoms with Crippen LogP contribution >= 0.6 is 0 Å². The van der Waals surface area contributed by atoms with E-state index in [0.717, 1.165) is 44.6 Å². The van der Waals surface area contributed by atoms with Crippen molar-refractivity contribution in [1.29, 1.82) is 0 Å². The highest BCUT2D eigenvalue weighted by Crippen LogP contribution is 2.41. The lowest BCUT2D eigenvalue weighted by molar-refractivity contribution is -0.129. The van der Waals surface area contributed by atoms with Gasteiger partial charge in [-0.1, -0.05) is 38.5 Å². The van der Waals surface area contributed by atoms with Gasteiger partial charge in [-0.3, -0.25) is 9.69 Å². The van der Waals surface area contributed by atoms with E-state index in [1.807, 2.05) is 18.2 Å². The number of nitrogens with one attached hydrogen (secondary N) is 1. The maximum atomic E-state index is 12.5. The average molecular weight is 289 g/mol. The van der Waals surface area contributed by atoms with Crippen LogP contribution in [0.3, 0.4) is 0 Å². The number of benzene rings is 1. The van der Waals surface area contributed by atoms with Crippen LogP contribution in [0.4, 0.5) is 5.69 Å². The summed E-state index contributed by atoms with van der Waals surface area (Å²) in [6, 6.07) is 8.07. The van der Waals surface area contributed by atoms with Crippen molar-refractivity contribution < 1.29 is 4.79 Å². The van der Waals surface area contributed by atoms with Crippen molar-refractivity contribution in [2.45, 2.75) is 39.7 Å². The van der Waals surface area contributed by atoms with E-state index >= 15 is 0 Å². The molecule has 1 aliphatic carbocycles. The standard InChI is InChI=1S/C17H27N3O/c1-3-20(4-2)12-14-8-5-6-9-15(14)19-16(21)17(13-18)10-7-11-17/h5-6,8-9H,3-4,7,10-13,18H2,1-2H3,(H,19,21). The summed E-state index contributed by atoms with van der Waals surface area (Å²) in [5.74, 6) is 0.0863. The molecule has 4 nitrogen and oxygen atoms in total. The summed E-state index contributed by atoms with van der Waals surface area (Å²) < 4.78 is 0. The van der Waals surface area contributed by atoms with Crippen LogP contribution in [0.1, 0.15) is 38.7 Å². The summed E-state index contributed by atoms with van der Waals surface area (Å²) in [5, 5.41) is 3.11. The molecule has 116 valence electrons. The van der Waals surface area contributed by atoms with Gasteiger partial charge in [-0.15, -0.1) is 0 Å². The normalized spacial score (nSPS) is 16.6. The zero-order chi connectivity index (χ0) is 15.3. The number of para-hydroxylation sites is 1. The molecular weight excluding hydrogens is 262 g/mol. The second-order valence-electron chi connectivity index (χ2n) is 5.91.